The number of methoxy groups -OCH3 is 3. The molecule has 0 unspecified atom stereocenters. The van der Waals surface area contributed by atoms with Crippen LogP contribution in [0.4, 0.5) is 5.69 Å². The fraction of sp³-hybridized carbons (Fsp3) is 0.182. The van der Waals surface area contributed by atoms with Gasteiger partial charge in [-0.25, -0.2) is 8.42 Å². The van der Waals surface area contributed by atoms with Crippen LogP contribution in [-0.4, -0.2) is 29.7 Å². The van der Waals surface area contributed by atoms with Gasteiger partial charge in [0, 0.05) is 23.8 Å². The summed E-state index contributed by atoms with van der Waals surface area (Å²) in [6, 6.07) is 18.5. The van der Waals surface area contributed by atoms with Crippen molar-refractivity contribution in [2.45, 2.75) is 11.4 Å². The first-order chi connectivity index (χ1) is 14.4. The van der Waals surface area contributed by atoms with E-state index in [1.807, 2.05) is 18.2 Å². The molecule has 3 rings (SSSR count). The summed E-state index contributed by atoms with van der Waals surface area (Å²) in [5.41, 5.74) is 1.06. The van der Waals surface area contributed by atoms with Crippen LogP contribution in [0.1, 0.15) is 5.56 Å². The van der Waals surface area contributed by atoms with Crippen LogP contribution in [0.25, 0.3) is 0 Å². The number of hydrogen-bond donors (Lipinski definition) is 0. The summed E-state index contributed by atoms with van der Waals surface area (Å²) in [5, 5.41) is 0.136. The molecule has 158 valence electrons. The molecule has 0 saturated heterocycles. The second-order valence-corrected chi connectivity index (χ2v) is 8.56. The minimum absolute atomic E-state index is 0.00310. The maximum atomic E-state index is 13.7. The van der Waals surface area contributed by atoms with Gasteiger partial charge in [0.15, 0.2) is 0 Å². The van der Waals surface area contributed by atoms with Crippen molar-refractivity contribution in [1.29, 1.82) is 0 Å². The van der Waals surface area contributed by atoms with Crippen molar-refractivity contribution in [3.63, 3.8) is 0 Å². The van der Waals surface area contributed by atoms with E-state index in [-0.39, 0.29) is 16.5 Å². The Morgan fingerprint density at radius 2 is 1.43 bits per heavy atom. The van der Waals surface area contributed by atoms with Gasteiger partial charge in [-0.1, -0.05) is 41.9 Å². The van der Waals surface area contributed by atoms with Crippen LogP contribution in [0.2, 0.25) is 5.02 Å². The van der Waals surface area contributed by atoms with Gasteiger partial charge in [-0.3, -0.25) is 4.31 Å². The quantitative estimate of drug-likeness (QED) is 0.498. The molecule has 6 nitrogen and oxygen atoms in total. The first-order valence-electron chi connectivity index (χ1n) is 9.03. The number of ether oxygens (including phenoxy) is 3. The summed E-state index contributed by atoms with van der Waals surface area (Å²) in [7, 11) is 0.530. The van der Waals surface area contributed by atoms with E-state index >= 15 is 0 Å². The Kier molecular flexibility index (Phi) is 6.74. The lowest BCUT2D eigenvalue weighted by molar-refractivity contribution is 0.394. The van der Waals surface area contributed by atoms with Crippen molar-refractivity contribution >= 4 is 27.3 Å². The van der Waals surface area contributed by atoms with Crippen LogP contribution in [0.5, 0.6) is 17.2 Å². The van der Waals surface area contributed by atoms with E-state index in [0.717, 1.165) is 0 Å². The Morgan fingerprint density at radius 1 is 0.833 bits per heavy atom. The molecule has 3 aromatic rings. The van der Waals surface area contributed by atoms with Crippen molar-refractivity contribution in [3.05, 3.63) is 77.3 Å². The van der Waals surface area contributed by atoms with Crippen molar-refractivity contribution in [2.75, 3.05) is 25.6 Å². The molecule has 0 bridgehead atoms. The molecule has 0 fully saturated rings. The van der Waals surface area contributed by atoms with Gasteiger partial charge < -0.3 is 14.2 Å². The Balaban J connectivity index is 2.20. The second-order valence-electron chi connectivity index (χ2n) is 6.32. The molecule has 0 N–H and O–H groups in total. The highest BCUT2D eigenvalue weighted by Crippen LogP contribution is 2.35. The number of anilines is 1. The molecular weight excluding hydrogens is 426 g/mol. The molecule has 30 heavy (non-hydrogen) atoms. The van der Waals surface area contributed by atoms with Gasteiger partial charge in [0.1, 0.15) is 22.1 Å². The molecule has 0 heterocycles. The molecule has 0 atom stereocenters. The van der Waals surface area contributed by atoms with Crippen LogP contribution >= 0.6 is 11.6 Å². The zero-order valence-corrected chi connectivity index (χ0v) is 18.4. The first kappa shape index (κ1) is 21.8. The number of para-hydroxylation sites is 1. The van der Waals surface area contributed by atoms with Crippen LogP contribution in [0.3, 0.4) is 0 Å². The Bertz CT molecular complexity index is 1110. The lowest BCUT2D eigenvalue weighted by atomic mass is 10.2. The normalized spacial score (nSPS) is 11.1. The maximum absolute atomic E-state index is 13.7. The van der Waals surface area contributed by atoms with Crippen LogP contribution in [0.15, 0.2) is 71.6 Å². The van der Waals surface area contributed by atoms with Gasteiger partial charge in [0.05, 0.1) is 38.6 Å². The summed E-state index contributed by atoms with van der Waals surface area (Å²) < 4.78 is 44.7. The lowest BCUT2D eigenvalue weighted by Gasteiger charge is -2.26. The van der Waals surface area contributed by atoms with E-state index < -0.39 is 10.0 Å². The number of rotatable bonds is 8. The van der Waals surface area contributed by atoms with Crippen LogP contribution in [-0.2, 0) is 16.6 Å². The van der Waals surface area contributed by atoms with Crippen molar-refractivity contribution in [1.82, 2.24) is 0 Å². The van der Waals surface area contributed by atoms with Gasteiger partial charge in [-0.15, -0.1) is 0 Å². The third kappa shape index (κ3) is 4.47. The van der Waals surface area contributed by atoms with E-state index in [0.29, 0.717) is 28.5 Å². The molecule has 0 aliphatic heterocycles. The summed E-state index contributed by atoms with van der Waals surface area (Å²) >= 11 is 6.24. The molecule has 3 aromatic carbocycles. The molecule has 8 heteroatoms. The monoisotopic (exact) mass is 447 g/mol. The highest BCUT2D eigenvalue weighted by atomic mass is 35.5. The van der Waals surface area contributed by atoms with E-state index in [1.165, 1.54) is 24.6 Å². The average Bonchev–Trinajstić information content (AvgIpc) is 2.77. The fourth-order valence-corrected chi connectivity index (χ4v) is 4.94. The van der Waals surface area contributed by atoms with E-state index in [4.69, 9.17) is 25.8 Å². The van der Waals surface area contributed by atoms with Crippen LogP contribution < -0.4 is 18.5 Å². The average molecular weight is 448 g/mol. The van der Waals surface area contributed by atoms with E-state index in [1.54, 1.807) is 49.6 Å². The molecule has 0 aromatic heterocycles. The van der Waals surface area contributed by atoms with Crippen molar-refractivity contribution < 1.29 is 22.6 Å². The Morgan fingerprint density at radius 3 is 2.03 bits per heavy atom. The third-order valence-electron chi connectivity index (χ3n) is 4.54. The Labute approximate surface area is 181 Å². The summed E-state index contributed by atoms with van der Waals surface area (Å²) in [6.07, 6.45) is 0. The van der Waals surface area contributed by atoms with Crippen molar-refractivity contribution in [3.8, 4) is 17.2 Å². The first-order valence-corrected chi connectivity index (χ1v) is 10.8. The lowest BCUT2D eigenvalue weighted by Crippen LogP contribution is -2.31. The maximum Gasteiger partial charge on any atom is 0.266 e. The predicted molar refractivity (Wildman–Crippen MR) is 117 cm³/mol. The minimum atomic E-state index is -4.02. The molecule has 0 spiro atoms. The topological polar surface area (TPSA) is 65.1 Å². The van der Waals surface area contributed by atoms with E-state index in [2.05, 4.69) is 0 Å². The summed E-state index contributed by atoms with van der Waals surface area (Å²) in [4.78, 5) is 0.00310. The van der Waals surface area contributed by atoms with Crippen molar-refractivity contribution in [2.24, 2.45) is 0 Å². The molecule has 0 aliphatic carbocycles. The number of nitrogens with zero attached hydrogens (tertiary/aromatic N) is 1. The summed E-state index contributed by atoms with van der Waals surface area (Å²) in [6.45, 7) is 0.0217. The van der Waals surface area contributed by atoms with Crippen LogP contribution in [0, 0.1) is 0 Å². The number of hydrogen-bond acceptors (Lipinski definition) is 5. The predicted octanol–water partition coefficient (Wildman–Crippen LogP) is 4.76. The molecule has 0 saturated carbocycles. The third-order valence-corrected chi connectivity index (χ3v) is 6.81. The zero-order chi connectivity index (χ0) is 21.7. The minimum Gasteiger partial charge on any atom is -0.497 e. The molecular formula is C22H22ClNO5S. The Hall–Kier alpha value is -2.90. The van der Waals surface area contributed by atoms with Gasteiger partial charge in [0.2, 0.25) is 0 Å². The molecule has 0 amide bonds. The standard InChI is InChI=1S/C22H22ClNO5S/c1-27-18-12-17(13-19(14-18)28-2)24(15-16-8-4-6-10-21(16)29-3)30(25,26)22-11-7-5-9-20(22)23/h4-14H,15H2,1-3H3. The molecule has 0 aliphatic rings. The summed E-state index contributed by atoms with van der Waals surface area (Å²) in [5.74, 6) is 1.50. The number of sulfonamides is 1. The smallest absolute Gasteiger partial charge is 0.266 e. The fourth-order valence-electron chi connectivity index (χ4n) is 3.01. The number of halogens is 1. The highest BCUT2D eigenvalue weighted by Gasteiger charge is 2.29. The zero-order valence-electron chi connectivity index (χ0n) is 16.8. The van der Waals surface area contributed by atoms with E-state index in [9.17, 15) is 8.42 Å². The molecule has 0 radical (unpaired) electrons. The number of benzene rings is 3. The van der Waals surface area contributed by atoms with Gasteiger partial charge >= 0.3 is 0 Å². The van der Waals surface area contributed by atoms with Gasteiger partial charge in [-0.2, -0.15) is 0 Å². The second kappa shape index (κ2) is 9.28. The highest BCUT2D eigenvalue weighted by molar-refractivity contribution is 7.93. The van der Waals surface area contributed by atoms with Gasteiger partial charge in [0.25, 0.3) is 10.0 Å². The van der Waals surface area contributed by atoms with Gasteiger partial charge in [-0.05, 0) is 18.2 Å². The largest absolute Gasteiger partial charge is 0.497 e. The SMILES string of the molecule is COc1cc(OC)cc(N(Cc2ccccc2OC)S(=O)(=O)c2ccccc2Cl)c1.